The van der Waals surface area contributed by atoms with E-state index < -0.39 is 0 Å². The van der Waals surface area contributed by atoms with Crippen LogP contribution < -0.4 is 5.73 Å². The van der Waals surface area contributed by atoms with Crippen molar-refractivity contribution in [3.05, 3.63) is 27.5 Å². The van der Waals surface area contributed by atoms with E-state index in [-0.39, 0.29) is 0 Å². The smallest absolute Gasteiger partial charge is 0.151 e. The van der Waals surface area contributed by atoms with Gasteiger partial charge in [-0.3, -0.25) is 4.79 Å². The third-order valence-electron chi connectivity index (χ3n) is 1.87. The lowest BCUT2D eigenvalue weighted by atomic mass is 10.1. The molecule has 2 N–H and O–H groups in total. The summed E-state index contributed by atoms with van der Waals surface area (Å²) in [5.41, 5.74) is 7.18. The molecule has 0 amide bonds. The van der Waals surface area contributed by atoms with Crippen LogP contribution >= 0.6 is 27.3 Å². The Labute approximate surface area is 87.5 Å². The summed E-state index contributed by atoms with van der Waals surface area (Å²) in [4.78, 5) is 10.7. The maximum absolute atomic E-state index is 10.7. The van der Waals surface area contributed by atoms with Crippen LogP contribution in [0.4, 0.5) is 5.69 Å². The van der Waals surface area contributed by atoms with Gasteiger partial charge < -0.3 is 5.73 Å². The van der Waals surface area contributed by atoms with Gasteiger partial charge in [0.05, 0.1) is 0 Å². The van der Waals surface area contributed by atoms with E-state index in [9.17, 15) is 4.79 Å². The lowest BCUT2D eigenvalue weighted by Crippen LogP contribution is -1.87. The standard InChI is InChI=1S/C9H6BrNOS/c10-6-4-13-9-5(3-12)1-2-7(11)8(6)9/h1-4H,11H2. The van der Waals surface area contributed by atoms with Crippen LogP contribution in [-0.2, 0) is 0 Å². The fourth-order valence-electron chi connectivity index (χ4n) is 1.25. The van der Waals surface area contributed by atoms with Crippen molar-refractivity contribution in [1.29, 1.82) is 0 Å². The first-order valence-corrected chi connectivity index (χ1v) is 5.31. The minimum atomic E-state index is 0.694. The molecule has 1 aromatic heterocycles. The van der Waals surface area contributed by atoms with Gasteiger partial charge in [0.15, 0.2) is 6.29 Å². The molecule has 66 valence electrons. The van der Waals surface area contributed by atoms with Crippen molar-refractivity contribution >= 4 is 49.3 Å². The molecule has 0 spiro atoms. The van der Waals surface area contributed by atoms with Crippen LogP contribution in [0.5, 0.6) is 0 Å². The van der Waals surface area contributed by atoms with Crippen molar-refractivity contribution < 1.29 is 4.79 Å². The molecule has 2 nitrogen and oxygen atoms in total. The Kier molecular flexibility index (Phi) is 2.09. The number of halogens is 1. The Bertz CT molecular complexity index is 478. The zero-order valence-electron chi connectivity index (χ0n) is 6.58. The number of nitrogen functional groups attached to an aromatic ring is 1. The molecule has 0 bridgehead atoms. The summed E-state index contributed by atoms with van der Waals surface area (Å²) in [7, 11) is 0. The number of thiophene rings is 1. The Balaban J connectivity index is 2.95. The van der Waals surface area contributed by atoms with Gasteiger partial charge in [-0.25, -0.2) is 0 Å². The number of aldehydes is 1. The minimum Gasteiger partial charge on any atom is -0.398 e. The number of benzene rings is 1. The van der Waals surface area contributed by atoms with E-state index in [1.165, 1.54) is 11.3 Å². The van der Waals surface area contributed by atoms with E-state index in [2.05, 4.69) is 15.9 Å². The van der Waals surface area contributed by atoms with Gasteiger partial charge in [-0.1, -0.05) is 0 Å². The van der Waals surface area contributed by atoms with Crippen LogP contribution in [0.2, 0.25) is 0 Å². The van der Waals surface area contributed by atoms with E-state index in [4.69, 9.17) is 5.73 Å². The van der Waals surface area contributed by atoms with Crippen molar-refractivity contribution in [1.82, 2.24) is 0 Å². The molecular weight excluding hydrogens is 250 g/mol. The summed E-state index contributed by atoms with van der Waals surface area (Å²) in [6.07, 6.45) is 0.852. The lowest BCUT2D eigenvalue weighted by Gasteiger charge is -1.98. The summed E-state index contributed by atoms with van der Waals surface area (Å²) in [5, 5.41) is 2.88. The van der Waals surface area contributed by atoms with Crippen molar-refractivity contribution in [3.63, 3.8) is 0 Å². The molecule has 1 aromatic carbocycles. The van der Waals surface area contributed by atoms with Gasteiger partial charge in [-0.15, -0.1) is 11.3 Å². The van der Waals surface area contributed by atoms with Gasteiger partial charge in [0.2, 0.25) is 0 Å². The van der Waals surface area contributed by atoms with E-state index in [1.807, 2.05) is 5.38 Å². The maximum atomic E-state index is 10.7. The SMILES string of the molecule is Nc1ccc(C=O)c2scc(Br)c12. The van der Waals surface area contributed by atoms with E-state index in [1.54, 1.807) is 12.1 Å². The predicted octanol–water partition coefficient (Wildman–Crippen LogP) is 3.06. The zero-order chi connectivity index (χ0) is 9.42. The topological polar surface area (TPSA) is 43.1 Å². The number of hydrogen-bond donors (Lipinski definition) is 1. The second-order valence-corrected chi connectivity index (χ2v) is 4.38. The average molecular weight is 256 g/mol. The molecule has 0 aliphatic heterocycles. The van der Waals surface area contributed by atoms with Crippen LogP contribution in [0.1, 0.15) is 10.4 Å². The van der Waals surface area contributed by atoms with Gasteiger partial charge in [0, 0.05) is 31.2 Å². The molecular formula is C9H6BrNOS. The molecule has 0 radical (unpaired) electrons. The summed E-state index contributed by atoms with van der Waals surface area (Å²) in [6.45, 7) is 0. The van der Waals surface area contributed by atoms with Crippen molar-refractivity contribution in [3.8, 4) is 0 Å². The molecule has 1 heterocycles. The first-order chi connectivity index (χ1) is 6.24. The second kappa shape index (κ2) is 3.12. The predicted molar refractivity (Wildman–Crippen MR) is 59.3 cm³/mol. The first-order valence-electron chi connectivity index (χ1n) is 3.64. The van der Waals surface area contributed by atoms with Crippen LogP contribution in [0, 0.1) is 0 Å². The van der Waals surface area contributed by atoms with Crippen LogP contribution in [-0.4, -0.2) is 6.29 Å². The summed E-state index contributed by atoms with van der Waals surface area (Å²) in [5.74, 6) is 0. The third-order valence-corrected chi connectivity index (χ3v) is 3.82. The Hall–Kier alpha value is -0.870. The van der Waals surface area contributed by atoms with Gasteiger partial charge >= 0.3 is 0 Å². The number of hydrogen-bond acceptors (Lipinski definition) is 3. The molecule has 2 aromatic rings. The van der Waals surface area contributed by atoms with Gasteiger partial charge in [0.1, 0.15) is 0 Å². The molecule has 0 atom stereocenters. The number of rotatable bonds is 1. The Morgan fingerprint density at radius 1 is 1.46 bits per heavy atom. The van der Waals surface area contributed by atoms with Crippen molar-refractivity contribution in [2.45, 2.75) is 0 Å². The highest BCUT2D eigenvalue weighted by atomic mass is 79.9. The number of anilines is 1. The molecule has 13 heavy (non-hydrogen) atoms. The fourth-order valence-corrected chi connectivity index (χ4v) is 3.03. The molecule has 0 unspecified atom stereocenters. The van der Waals surface area contributed by atoms with E-state index in [0.29, 0.717) is 11.3 Å². The number of carbonyl (C=O) groups is 1. The first kappa shape index (κ1) is 8.72. The lowest BCUT2D eigenvalue weighted by molar-refractivity contribution is 0.112. The Morgan fingerprint density at radius 2 is 2.23 bits per heavy atom. The van der Waals surface area contributed by atoms with E-state index >= 15 is 0 Å². The van der Waals surface area contributed by atoms with Gasteiger partial charge in [0.25, 0.3) is 0 Å². The maximum Gasteiger partial charge on any atom is 0.151 e. The molecule has 0 fully saturated rings. The minimum absolute atomic E-state index is 0.694. The van der Waals surface area contributed by atoms with Gasteiger partial charge in [-0.05, 0) is 28.1 Å². The highest BCUT2D eigenvalue weighted by molar-refractivity contribution is 9.10. The zero-order valence-corrected chi connectivity index (χ0v) is 8.98. The summed E-state index contributed by atoms with van der Waals surface area (Å²) in [6, 6.07) is 3.50. The molecule has 0 saturated heterocycles. The highest BCUT2D eigenvalue weighted by Crippen LogP contribution is 2.35. The van der Waals surface area contributed by atoms with Crippen LogP contribution in [0.25, 0.3) is 10.1 Å². The molecule has 0 saturated carbocycles. The molecule has 0 aliphatic rings. The van der Waals surface area contributed by atoms with Crippen LogP contribution in [0.15, 0.2) is 22.0 Å². The number of carbonyl (C=O) groups excluding carboxylic acids is 1. The molecule has 4 heteroatoms. The average Bonchev–Trinajstić information content (AvgIpc) is 2.50. The van der Waals surface area contributed by atoms with Crippen molar-refractivity contribution in [2.75, 3.05) is 5.73 Å². The van der Waals surface area contributed by atoms with Crippen LogP contribution in [0.3, 0.4) is 0 Å². The Morgan fingerprint density at radius 3 is 2.92 bits per heavy atom. The second-order valence-electron chi connectivity index (χ2n) is 2.65. The quantitative estimate of drug-likeness (QED) is 0.629. The molecule has 2 rings (SSSR count). The fraction of sp³-hybridized carbons (Fsp3) is 0. The third kappa shape index (κ3) is 1.26. The van der Waals surface area contributed by atoms with Crippen molar-refractivity contribution in [2.24, 2.45) is 0 Å². The summed E-state index contributed by atoms with van der Waals surface area (Å²) < 4.78 is 1.90. The number of fused-ring (bicyclic) bond motifs is 1. The highest BCUT2D eigenvalue weighted by Gasteiger charge is 2.08. The number of nitrogens with two attached hydrogens (primary N) is 1. The van der Waals surface area contributed by atoms with E-state index in [0.717, 1.165) is 20.8 Å². The normalized spacial score (nSPS) is 10.5. The summed E-state index contributed by atoms with van der Waals surface area (Å²) >= 11 is 4.92. The molecule has 0 aliphatic carbocycles. The van der Waals surface area contributed by atoms with Gasteiger partial charge in [-0.2, -0.15) is 0 Å². The largest absolute Gasteiger partial charge is 0.398 e. The monoisotopic (exact) mass is 255 g/mol.